The number of benzene rings is 1. The summed E-state index contributed by atoms with van der Waals surface area (Å²) in [6.45, 7) is 5.62. The van der Waals surface area contributed by atoms with Crippen LogP contribution in [0.3, 0.4) is 0 Å². The lowest BCUT2D eigenvalue weighted by Gasteiger charge is -2.37. The van der Waals surface area contributed by atoms with Gasteiger partial charge in [-0.1, -0.05) is 24.8 Å². The van der Waals surface area contributed by atoms with E-state index in [9.17, 15) is 19.5 Å². The Morgan fingerprint density at radius 2 is 1.89 bits per heavy atom. The number of carbonyl (C=O) groups excluding carboxylic acids is 2. The van der Waals surface area contributed by atoms with E-state index in [1.54, 1.807) is 6.92 Å². The predicted octanol–water partition coefficient (Wildman–Crippen LogP) is 2.93. The lowest BCUT2D eigenvalue weighted by Crippen LogP contribution is -2.50. The highest BCUT2D eigenvalue weighted by molar-refractivity contribution is 8.13. The molecule has 7 heteroatoms. The number of nitrogens with zero attached hydrogens (tertiary/aromatic N) is 2. The number of carbonyl (C=O) groups is 3. The quantitative estimate of drug-likeness (QED) is 0.813. The van der Waals surface area contributed by atoms with Gasteiger partial charge < -0.3 is 14.9 Å². The second kappa shape index (κ2) is 8.99. The fourth-order valence-electron chi connectivity index (χ4n) is 3.97. The van der Waals surface area contributed by atoms with E-state index >= 15 is 0 Å². The molecule has 1 aromatic rings. The molecule has 2 atom stereocenters. The summed E-state index contributed by atoms with van der Waals surface area (Å²) in [6, 6.07) is 5.36. The Bertz CT molecular complexity index is 761. The third-order valence-electron chi connectivity index (χ3n) is 5.57. The Kier molecular flexibility index (Phi) is 6.65. The summed E-state index contributed by atoms with van der Waals surface area (Å²) < 4.78 is 0. The number of amides is 1. The number of carboxylic acids is 1. The van der Waals surface area contributed by atoms with Crippen molar-refractivity contribution >= 4 is 34.4 Å². The van der Waals surface area contributed by atoms with Gasteiger partial charge in [0, 0.05) is 50.3 Å². The van der Waals surface area contributed by atoms with Crippen molar-refractivity contribution in [2.45, 2.75) is 52.1 Å². The molecular weight excluding hydrogens is 376 g/mol. The van der Waals surface area contributed by atoms with E-state index in [1.165, 1.54) is 31.1 Å². The van der Waals surface area contributed by atoms with Crippen molar-refractivity contribution in [3.63, 3.8) is 0 Å². The molecule has 1 fully saturated rings. The molecule has 6 nitrogen and oxygen atoms in total. The van der Waals surface area contributed by atoms with Crippen LogP contribution in [0.5, 0.6) is 0 Å². The minimum Gasteiger partial charge on any atom is -0.480 e. The molecule has 28 heavy (non-hydrogen) atoms. The van der Waals surface area contributed by atoms with Gasteiger partial charge in [-0.25, -0.2) is 4.79 Å². The van der Waals surface area contributed by atoms with Crippen LogP contribution in [0.25, 0.3) is 0 Å². The van der Waals surface area contributed by atoms with Gasteiger partial charge in [0.2, 0.25) is 5.91 Å². The number of hydrogen-bond donors (Lipinski definition) is 1. The van der Waals surface area contributed by atoms with E-state index in [-0.39, 0.29) is 11.0 Å². The van der Waals surface area contributed by atoms with Gasteiger partial charge in [-0.3, -0.25) is 9.59 Å². The van der Waals surface area contributed by atoms with E-state index in [1.807, 2.05) is 6.07 Å². The monoisotopic (exact) mass is 404 g/mol. The molecule has 0 bridgehead atoms. The summed E-state index contributed by atoms with van der Waals surface area (Å²) in [4.78, 5) is 39.8. The Morgan fingerprint density at radius 1 is 1.18 bits per heavy atom. The van der Waals surface area contributed by atoms with Crippen LogP contribution in [0, 0.1) is 5.92 Å². The molecule has 152 valence electrons. The van der Waals surface area contributed by atoms with Crippen molar-refractivity contribution in [3.8, 4) is 0 Å². The molecule has 2 heterocycles. The fourth-order valence-corrected chi connectivity index (χ4v) is 4.60. The highest BCUT2D eigenvalue weighted by Crippen LogP contribution is 2.30. The lowest BCUT2D eigenvalue weighted by atomic mass is 9.92. The van der Waals surface area contributed by atoms with Crippen LogP contribution in [-0.2, 0) is 27.3 Å². The number of hydrogen-bond acceptors (Lipinski definition) is 5. The maximum Gasteiger partial charge on any atom is 0.326 e. The highest BCUT2D eigenvalue weighted by atomic mass is 32.2. The Morgan fingerprint density at radius 3 is 2.54 bits per heavy atom. The normalized spacial score (nSPS) is 20.4. The third-order valence-corrected chi connectivity index (χ3v) is 6.64. The van der Waals surface area contributed by atoms with E-state index in [0.717, 1.165) is 41.7 Å². The molecule has 1 saturated heterocycles. The van der Waals surface area contributed by atoms with Gasteiger partial charge in [0.1, 0.15) is 6.04 Å². The van der Waals surface area contributed by atoms with Gasteiger partial charge in [0.15, 0.2) is 5.12 Å². The topological polar surface area (TPSA) is 77.9 Å². The summed E-state index contributed by atoms with van der Waals surface area (Å²) >= 11 is 1.11. The minimum absolute atomic E-state index is 0.0374. The summed E-state index contributed by atoms with van der Waals surface area (Å²) in [6.07, 6.45) is 3.96. The molecule has 1 N–H and O–H groups in total. The Balaban J connectivity index is 1.81. The van der Waals surface area contributed by atoms with Gasteiger partial charge in [-0.05, 0) is 42.5 Å². The predicted molar refractivity (Wildman–Crippen MR) is 110 cm³/mol. The SMILES string of the molecule is CC(=O)SCC(C)C(=O)N1Cc2cc(N3CCCCC3)ccc2CC1C(=O)O. The van der Waals surface area contributed by atoms with Gasteiger partial charge in [-0.15, -0.1) is 0 Å². The van der Waals surface area contributed by atoms with Crippen LogP contribution in [0.4, 0.5) is 5.69 Å². The molecular formula is C21H28N2O4S. The molecule has 0 aliphatic carbocycles. The fraction of sp³-hybridized carbons (Fsp3) is 0.571. The molecule has 2 aliphatic rings. The summed E-state index contributed by atoms with van der Waals surface area (Å²) in [5.74, 6) is -1.21. The summed E-state index contributed by atoms with van der Waals surface area (Å²) in [5, 5.41) is 9.64. The molecule has 1 aromatic carbocycles. The smallest absolute Gasteiger partial charge is 0.326 e. The Hall–Kier alpha value is -2.02. The van der Waals surface area contributed by atoms with Crippen LogP contribution in [0.15, 0.2) is 18.2 Å². The summed E-state index contributed by atoms with van der Waals surface area (Å²) in [7, 11) is 0. The molecule has 1 amide bonds. The molecule has 0 spiro atoms. The number of rotatable bonds is 5. The van der Waals surface area contributed by atoms with Gasteiger partial charge in [-0.2, -0.15) is 0 Å². The van der Waals surface area contributed by atoms with E-state index < -0.39 is 17.9 Å². The van der Waals surface area contributed by atoms with Crippen LogP contribution >= 0.6 is 11.8 Å². The van der Waals surface area contributed by atoms with Crippen molar-refractivity contribution in [2.24, 2.45) is 5.92 Å². The van der Waals surface area contributed by atoms with Crippen molar-refractivity contribution in [2.75, 3.05) is 23.7 Å². The molecule has 0 saturated carbocycles. The van der Waals surface area contributed by atoms with Crippen molar-refractivity contribution in [1.82, 2.24) is 4.90 Å². The summed E-state index contributed by atoms with van der Waals surface area (Å²) in [5.41, 5.74) is 3.18. The number of aliphatic carboxylic acids is 1. The minimum atomic E-state index is -0.981. The molecule has 2 aliphatic heterocycles. The highest BCUT2D eigenvalue weighted by Gasteiger charge is 2.36. The maximum atomic E-state index is 12.9. The van der Waals surface area contributed by atoms with E-state index in [2.05, 4.69) is 17.0 Å². The molecule has 0 radical (unpaired) electrons. The van der Waals surface area contributed by atoms with Gasteiger partial charge >= 0.3 is 5.97 Å². The van der Waals surface area contributed by atoms with Crippen LogP contribution in [-0.4, -0.2) is 51.9 Å². The zero-order valence-corrected chi connectivity index (χ0v) is 17.3. The first-order chi connectivity index (χ1) is 13.4. The first kappa shape index (κ1) is 20.7. The first-order valence-corrected chi connectivity index (χ1v) is 10.9. The Labute approximate surface area is 170 Å². The molecule has 0 aromatic heterocycles. The van der Waals surface area contributed by atoms with Crippen LogP contribution in [0.1, 0.15) is 44.2 Å². The van der Waals surface area contributed by atoms with Gasteiger partial charge in [0.05, 0.1) is 0 Å². The molecule has 3 rings (SSSR count). The lowest BCUT2D eigenvalue weighted by molar-refractivity contribution is -0.152. The van der Waals surface area contributed by atoms with Crippen LogP contribution in [0.2, 0.25) is 0 Å². The number of carboxylic acid groups (broad SMARTS) is 1. The van der Waals surface area contributed by atoms with Gasteiger partial charge in [0.25, 0.3) is 0 Å². The van der Waals surface area contributed by atoms with Crippen molar-refractivity contribution < 1.29 is 19.5 Å². The first-order valence-electron chi connectivity index (χ1n) is 9.90. The number of piperidine rings is 1. The third kappa shape index (κ3) is 4.69. The van der Waals surface area contributed by atoms with Crippen LogP contribution < -0.4 is 4.90 Å². The van der Waals surface area contributed by atoms with E-state index in [0.29, 0.717) is 18.7 Å². The average molecular weight is 405 g/mol. The van der Waals surface area contributed by atoms with Crippen molar-refractivity contribution in [3.05, 3.63) is 29.3 Å². The molecule has 2 unspecified atom stereocenters. The second-order valence-corrected chi connectivity index (χ2v) is 8.93. The number of fused-ring (bicyclic) bond motifs is 1. The largest absolute Gasteiger partial charge is 0.480 e. The number of anilines is 1. The zero-order chi connectivity index (χ0) is 20.3. The maximum absolute atomic E-state index is 12.9. The average Bonchev–Trinajstić information content (AvgIpc) is 2.70. The number of thioether (sulfide) groups is 1. The standard InChI is InChI=1S/C21H28N2O4S/c1-14(13-28-15(2)24)20(25)23-12-17-10-18(22-8-4-3-5-9-22)7-6-16(17)11-19(23)21(26)27/h6-7,10,14,19H,3-5,8-9,11-13H2,1-2H3,(H,26,27). The van der Waals surface area contributed by atoms with Crippen molar-refractivity contribution in [1.29, 1.82) is 0 Å². The van der Waals surface area contributed by atoms with E-state index in [4.69, 9.17) is 0 Å². The second-order valence-electron chi connectivity index (χ2n) is 7.73. The zero-order valence-electron chi connectivity index (χ0n) is 16.5.